The fraction of sp³-hybridized carbons (Fsp3) is 0.0833. The van der Waals surface area contributed by atoms with Gasteiger partial charge in [-0.25, -0.2) is 0 Å². The van der Waals surface area contributed by atoms with Crippen LogP contribution in [0.2, 0.25) is 15.1 Å². The molecule has 1 heterocycles. The van der Waals surface area contributed by atoms with E-state index in [1.54, 1.807) is 19.1 Å². The molecule has 5 heteroatoms. The second-order valence-electron chi connectivity index (χ2n) is 3.67. The van der Waals surface area contributed by atoms with Crippen LogP contribution in [0, 0.1) is 6.92 Å². The predicted molar refractivity (Wildman–Crippen MR) is 72.3 cm³/mol. The predicted octanol–water partition coefficient (Wildman–Crippen LogP) is 4.31. The van der Waals surface area contributed by atoms with E-state index in [0.717, 1.165) is 5.69 Å². The standard InChI is InChI=1S/C12H8Cl3NO/c1-6-2-7(3-11(17)16-6)9-4-8(13)5-10(14)12(9)15/h2-5H,1H3,(H,16,17). The number of aromatic amines is 1. The SMILES string of the molecule is Cc1cc(-c2cc(Cl)cc(Cl)c2Cl)cc(=O)[nH]1. The molecule has 1 aromatic carbocycles. The van der Waals surface area contributed by atoms with Crippen LogP contribution in [0.1, 0.15) is 5.69 Å². The number of H-pyrrole nitrogens is 1. The number of hydrogen-bond acceptors (Lipinski definition) is 1. The zero-order valence-corrected chi connectivity index (χ0v) is 11.1. The molecule has 17 heavy (non-hydrogen) atoms. The number of aryl methyl sites for hydroxylation is 1. The van der Waals surface area contributed by atoms with Crippen molar-refractivity contribution in [1.29, 1.82) is 0 Å². The topological polar surface area (TPSA) is 32.9 Å². The van der Waals surface area contributed by atoms with Crippen LogP contribution in [-0.2, 0) is 0 Å². The number of benzene rings is 1. The van der Waals surface area contributed by atoms with E-state index >= 15 is 0 Å². The maximum atomic E-state index is 11.4. The van der Waals surface area contributed by atoms with Gasteiger partial charge in [-0.3, -0.25) is 4.79 Å². The van der Waals surface area contributed by atoms with Gasteiger partial charge in [0.15, 0.2) is 0 Å². The van der Waals surface area contributed by atoms with Gasteiger partial charge in [0.2, 0.25) is 5.56 Å². The summed E-state index contributed by atoms with van der Waals surface area (Å²) >= 11 is 18.0. The van der Waals surface area contributed by atoms with Crippen molar-refractivity contribution >= 4 is 34.8 Å². The summed E-state index contributed by atoms with van der Waals surface area (Å²) in [4.78, 5) is 14.1. The minimum Gasteiger partial charge on any atom is -0.326 e. The van der Waals surface area contributed by atoms with Crippen molar-refractivity contribution in [2.45, 2.75) is 6.92 Å². The van der Waals surface area contributed by atoms with E-state index in [4.69, 9.17) is 34.8 Å². The number of pyridine rings is 1. The van der Waals surface area contributed by atoms with Crippen molar-refractivity contribution in [1.82, 2.24) is 4.98 Å². The van der Waals surface area contributed by atoms with Crippen LogP contribution in [-0.4, -0.2) is 4.98 Å². The molecule has 0 aliphatic heterocycles. The minimum atomic E-state index is -0.188. The van der Waals surface area contributed by atoms with Crippen molar-refractivity contribution in [3.63, 3.8) is 0 Å². The largest absolute Gasteiger partial charge is 0.326 e. The lowest BCUT2D eigenvalue weighted by atomic mass is 10.1. The van der Waals surface area contributed by atoms with Crippen LogP contribution in [0.3, 0.4) is 0 Å². The van der Waals surface area contributed by atoms with Crippen LogP contribution >= 0.6 is 34.8 Å². The maximum absolute atomic E-state index is 11.4. The second kappa shape index (κ2) is 4.73. The average molecular weight is 289 g/mol. The number of hydrogen-bond donors (Lipinski definition) is 1. The van der Waals surface area contributed by atoms with Crippen LogP contribution < -0.4 is 5.56 Å². The third-order valence-corrected chi connectivity index (χ3v) is 3.30. The molecule has 2 rings (SSSR count). The number of rotatable bonds is 1. The number of halogens is 3. The number of nitrogens with one attached hydrogen (secondary N) is 1. The summed E-state index contributed by atoms with van der Waals surface area (Å²) < 4.78 is 0. The van der Waals surface area contributed by atoms with E-state index in [1.165, 1.54) is 6.07 Å². The molecule has 2 aromatic rings. The van der Waals surface area contributed by atoms with E-state index in [1.807, 2.05) is 6.07 Å². The summed E-state index contributed by atoms with van der Waals surface area (Å²) in [6.07, 6.45) is 0. The maximum Gasteiger partial charge on any atom is 0.248 e. The Hall–Kier alpha value is -0.960. The highest BCUT2D eigenvalue weighted by molar-refractivity contribution is 6.45. The van der Waals surface area contributed by atoms with Crippen molar-refractivity contribution in [2.75, 3.05) is 0 Å². The first kappa shape index (κ1) is 12.5. The summed E-state index contributed by atoms with van der Waals surface area (Å²) in [7, 11) is 0. The first-order chi connectivity index (χ1) is 7.97. The minimum absolute atomic E-state index is 0.188. The summed E-state index contributed by atoms with van der Waals surface area (Å²) in [5, 5.41) is 1.24. The van der Waals surface area contributed by atoms with E-state index in [2.05, 4.69) is 4.98 Å². The molecule has 0 bridgehead atoms. The molecular weight excluding hydrogens is 280 g/mol. The zero-order chi connectivity index (χ0) is 12.6. The lowest BCUT2D eigenvalue weighted by molar-refractivity contribution is 1.14. The van der Waals surface area contributed by atoms with Gasteiger partial charge < -0.3 is 4.98 Å². The Labute approximate surface area is 113 Å². The van der Waals surface area contributed by atoms with E-state index in [0.29, 0.717) is 26.2 Å². The normalized spacial score (nSPS) is 10.6. The highest BCUT2D eigenvalue weighted by Crippen LogP contribution is 2.36. The molecular formula is C12H8Cl3NO. The molecule has 0 atom stereocenters. The smallest absolute Gasteiger partial charge is 0.248 e. The van der Waals surface area contributed by atoms with Gasteiger partial charge in [-0.1, -0.05) is 34.8 Å². The molecule has 0 radical (unpaired) electrons. The zero-order valence-electron chi connectivity index (χ0n) is 8.85. The van der Waals surface area contributed by atoms with Crippen LogP contribution in [0.5, 0.6) is 0 Å². The first-order valence-corrected chi connectivity index (χ1v) is 5.96. The highest BCUT2D eigenvalue weighted by atomic mass is 35.5. The van der Waals surface area contributed by atoms with Crippen LogP contribution in [0.15, 0.2) is 29.1 Å². The molecule has 1 aromatic heterocycles. The van der Waals surface area contributed by atoms with Gasteiger partial charge >= 0.3 is 0 Å². The van der Waals surface area contributed by atoms with Gasteiger partial charge in [0, 0.05) is 22.3 Å². The molecule has 1 N–H and O–H groups in total. The Balaban J connectivity index is 2.72. The van der Waals surface area contributed by atoms with Gasteiger partial charge in [-0.2, -0.15) is 0 Å². The summed E-state index contributed by atoms with van der Waals surface area (Å²) in [6, 6.07) is 6.52. The van der Waals surface area contributed by atoms with Crippen molar-refractivity contribution in [3.05, 3.63) is 55.4 Å². The van der Waals surface area contributed by atoms with Crippen LogP contribution in [0.4, 0.5) is 0 Å². The van der Waals surface area contributed by atoms with Gasteiger partial charge in [-0.15, -0.1) is 0 Å². The Bertz CT molecular complexity index is 634. The lowest BCUT2D eigenvalue weighted by Gasteiger charge is -2.07. The fourth-order valence-corrected chi connectivity index (χ4v) is 2.32. The molecule has 0 aliphatic rings. The van der Waals surface area contributed by atoms with Crippen LogP contribution in [0.25, 0.3) is 11.1 Å². The van der Waals surface area contributed by atoms with E-state index in [-0.39, 0.29) is 5.56 Å². The van der Waals surface area contributed by atoms with Gasteiger partial charge in [0.25, 0.3) is 0 Å². The van der Waals surface area contributed by atoms with E-state index < -0.39 is 0 Å². The Morgan fingerprint density at radius 2 is 1.76 bits per heavy atom. The Morgan fingerprint density at radius 1 is 1.06 bits per heavy atom. The molecule has 0 fully saturated rings. The summed E-state index contributed by atoms with van der Waals surface area (Å²) in [5.74, 6) is 0. The van der Waals surface area contributed by atoms with E-state index in [9.17, 15) is 4.79 Å². The number of aromatic nitrogens is 1. The third-order valence-electron chi connectivity index (χ3n) is 2.28. The third kappa shape index (κ3) is 2.65. The molecule has 0 saturated carbocycles. The monoisotopic (exact) mass is 287 g/mol. The first-order valence-electron chi connectivity index (χ1n) is 4.83. The Morgan fingerprint density at radius 3 is 2.41 bits per heavy atom. The summed E-state index contributed by atoms with van der Waals surface area (Å²) in [6.45, 7) is 1.80. The molecule has 0 unspecified atom stereocenters. The molecule has 2 nitrogen and oxygen atoms in total. The average Bonchev–Trinajstić information content (AvgIpc) is 2.22. The fourth-order valence-electron chi connectivity index (χ4n) is 1.60. The van der Waals surface area contributed by atoms with Crippen molar-refractivity contribution < 1.29 is 0 Å². The summed E-state index contributed by atoms with van der Waals surface area (Å²) in [5.41, 5.74) is 1.91. The van der Waals surface area contributed by atoms with Gasteiger partial charge in [0.1, 0.15) is 0 Å². The second-order valence-corrected chi connectivity index (χ2v) is 4.89. The van der Waals surface area contributed by atoms with Gasteiger partial charge in [-0.05, 0) is 30.7 Å². The lowest BCUT2D eigenvalue weighted by Crippen LogP contribution is -2.05. The molecule has 0 amide bonds. The molecule has 0 aliphatic carbocycles. The molecule has 88 valence electrons. The highest BCUT2D eigenvalue weighted by Gasteiger charge is 2.10. The Kier molecular flexibility index (Phi) is 3.48. The quantitative estimate of drug-likeness (QED) is 0.779. The van der Waals surface area contributed by atoms with Crippen molar-refractivity contribution in [2.24, 2.45) is 0 Å². The molecule has 0 saturated heterocycles. The van der Waals surface area contributed by atoms with Crippen molar-refractivity contribution in [3.8, 4) is 11.1 Å². The molecule has 0 spiro atoms. The van der Waals surface area contributed by atoms with Gasteiger partial charge in [0.05, 0.1) is 10.0 Å².